The summed E-state index contributed by atoms with van der Waals surface area (Å²) < 4.78 is 4.26. The number of benzene rings is 3. The standard InChI is InChI=1S/C36H48N9O9.3BrH/c1-43(2,25-28-7-13-31(14-8-28)40(49)50)22-19-37-34(46)38(20-23-44(3,4)26-29-9-15-32(16-10-29)41(51)52)36(48)39(35(37)47)21-24-45(5,6)27-30-11-17-33(18-12-30)42(53)54;;;/h7-18H,19-27H2,1-6H3;3*1H/q+3;;;/p-3. The van der Waals surface area contributed by atoms with Gasteiger partial charge in [-0.05, 0) is 36.4 Å². The number of nitro benzene ring substituents is 3. The van der Waals surface area contributed by atoms with E-state index < -0.39 is 31.8 Å². The zero-order valence-electron chi connectivity index (χ0n) is 32.6. The van der Waals surface area contributed by atoms with Gasteiger partial charge in [0.2, 0.25) is 0 Å². The van der Waals surface area contributed by atoms with E-state index in [9.17, 15) is 44.7 Å². The molecule has 0 saturated heterocycles. The maximum Gasteiger partial charge on any atom is 0.336 e. The Morgan fingerprint density at radius 3 is 0.789 bits per heavy atom. The highest BCUT2D eigenvalue weighted by Gasteiger charge is 2.25. The van der Waals surface area contributed by atoms with Crippen LogP contribution in [0.3, 0.4) is 0 Å². The summed E-state index contributed by atoms with van der Waals surface area (Å²) >= 11 is 0. The zero-order chi connectivity index (χ0) is 40.0. The van der Waals surface area contributed by atoms with E-state index in [0.29, 0.717) is 52.7 Å². The predicted molar refractivity (Wildman–Crippen MR) is 201 cm³/mol. The van der Waals surface area contributed by atoms with Crippen molar-refractivity contribution in [3.63, 3.8) is 0 Å². The molecule has 0 amide bonds. The lowest BCUT2D eigenvalue weighted by Gasteiger charge is -2.31. The lowest BCUT2D eigenvalue weighted by atomic mass is 10.2. The number of rotatable bonds is 18. The molecule has 0 aliphatic rings. The highest BCUT2D eigenvalue weighted by atomic mass is 79.9. The van der Waals surface area contributed by atoms with Gasteiger partial charge in [0, 0.05) is 53.1 Å². The van der Waals surface area contributed by atoms with Gasteiger partial charge in [0.1, 0.15) is 19.6 Å². The number of nitro groups is 3. The first-order valence-corrected chi connectivity index (χ1v) is 17.3. The largest absolute Gasteiger partial charge is 1.00 e. The summed E-state index contributed by atoms with van der Waals surface area (Å²) in [6.45, 7) is 2.37. The number of quaternary nitrogens is 3. The number of hydrogen-bond acceptors (Lipinski definition) is 9. The van der Waals surface area contributed by atoms with E-state index in [0.717, 1.165) is 30.4 Å². The maximum atomic E-state index is 14.0. The fourth-order valence-electron chi connectivity index (χ4n) is 6.26. The Labute approximate surface area is 360 Å². The SMILES string of the molecule is C[N+](C)(CCn1c(=O)n(CC[N+](C)(C)Cc2ccc([N+](=O)[O-])cc2)c(=O)n(CC[N+](C)(C)Cc2ccc([N+](=O)[O-])cc2)c1=O)Cc1ccc([N+](=O)[O-])cc1.[Br-].[Br-].[Br-]. The first-order valence-electron chi connectivity index (χ1n) is 17.3. The van der Waals surface area contributed by atoms with Crippen LogP contribution in [0.2, 0.25) is 0 Å². The Balaban J connectivity index is 0.00000541. The fourth-order valence-corrected chi connectivity index (χ4v) is 6.26. The predicted octanol–water partition coefficient (Wildman–Crippen LogP) is -6.26. The van der Waals surface area contributed by atoms with Crippen LogP contribution in [0.25, 0.3) is 0 Å². The molecule has 0 N–H and O–H groups in total. The van der Waals surface area contributed by atoms with Crippen LogP contribution in [0, 0.1) is 30.3 Å². The van der Waals surface area contributed by atoms with Gasteiger partial charge >= 0.3 is 17.1 Å². The topological polar surface area (TPSA) is 195 Å². The summed E-state index contributed by atoms with van der Waals surface area (Å²) in [5, 5.41) is 33.3. The second-order valence-corrected chi connectivity index (χ2v) is 15.5. The number of hydrogen-bond donors (Lipinski definition) is 0. The molecule has 0 spiro atoms. The van der Waals surface area contributed by atoms with Gasteiger partial charge in [0.15, 0.2) is 0 Å². The quantitative estimate of drug-likeness (QED) is 0.0530. The molecule has 4 rings (SSSR count). The number of non-ortho nitro benzene ring substituents is 3. The lowest BCUT2D eigenvalue weighted by molar-refractivity contribution is -0.904. The van der Waals surface area contributed by atoms with Crippen LogP contribution in [0.5, 0.6) is 0 Å². The fraction of sp³-hybridized carbons (Fsp3) is 0.417. The van der Waals surface area contributed by atoms with E-state index in [1.54, 1.807) is 36.4 Å². The van der Waals surface area contributed by atoms with E-state index in [2.05, 4.69) is 0 Å². The highest BCUT2D eigenvalue weighted by Crippen LogP contribution is 2.18. The van der Waals surface area contributed by atoms with E-state index >= 15 is 0 Å². The minimum Gasteiger partial charge on any atom is -1.00 e. The van der Waals surface area contributed by atoms with Crippen molar-refractivity contribution in [2.45, 2.75) is 39.3 Å². The third kappa shape index (κ3) is 14.2. The average molecular weight is 991 g/mol. The van der Waals surface area contributed by atoms with Gasteiger partial charge in [-0.1, -0.05) is 0 Å². The van der Waals surface area contributed by atoms with E-state index in [1.165, 1.54) is 36.4 Å². The maximum absolute atomic E-state index is 14.0. The summed E-state index contributed by atoms with van der Waals surface area (Å²) in [6.07, 6.45) is 0. The molecule has 1 aromatic heterocycles. The number of halogens is 3. The molecule has 0 aliphatic heterocycles. The Morgan fingerprint density at radius 2 is 0.614 bits per heavy atom. The molecule has 0 atom stereocenters. The van der Waals surface area contributed by atoms with Crippen molar-refractivity contribution < 1.29 is 79.2 Å². The third-order valence-corrected chi connectivity index (χ3v) is 9.45. The van der Waals surface area contributed by atoms with Crippen LogP contribution < -0.4 is 68.0 Å². The summed E-state index contributed by atoms with van der Waals surface area (Å²) in [4.78, 5) is 73.7. The van der Waals surface area contributed by atoms with Gasteiger partial charge in [-0.15, -0.1) is 0 Å². The van der Waals surface area contributed by atoms with Crippen molar-refractivity contribution >= 4 is 17.1 Å². The van der Waals surface area contributed by atoms with Crippen LogP contribution >= 0.6 is 0 Å². The Hall–Kier alpha value is -4.41. The average Bonchev–Trinajstić information content (AvgIpc) is 3.08. The molecule has 0 bridgehead atoms. The number of aromatic nitrogens is 3. The van der Waals surface area contributed by atoms with Gasteiger partial charge < -0.3 is 64.4 Å². The van der Waals surface area contributed by atoms with Gasteiger partial charge in [0.25, 0.3) is 17.1 Å². The van der Waals surface area contributed by atoms with E-state index in [4.69, 9.17) is 0 Å². The van der Waals surface area contributed by atoms with Crippen LogP contribution in [0.4, 0.5) is 17.1 Å². The molecule has 18 nitrogen and oxygen atoms in total. The van der Waals surface area contributed by atoms with E-state index in [-0.39, 0.29) is 87.6 Å². The summed E-state index contributed by atoms with van der Waals surface area (Å²) in [5.74, 6) is 0. The molecule has 3 aromatic carbocycles. The van der Waals surface area contributed by atoms with Gasteiger partial charge in [0.05, 0.1) is 96.3 Å². The summed E-state index contributed by atoms with van der Waals surface area (Å²) in [6, 6.07) is 18.6. The second-order valence-electron chi connectivity index (χ2n) is 15.5. The monoisotopic (exact) mass is 987 g/mol. The van der Waals surface area contributed by atoms with Gasteiger partial charge in [-0.2, -0.15) is 0 Å². The molecule has 0 saturated carbocycles. The van der Waals surface area contributed by atoms with Crippen LogP contribution in [0.15, 0.2) is 87.2 Å². The summed E-state index contributed by atoms with van der Waals surface area (Å²) in [5.41, 5.74) is 0.237. The Morgan fingerprint density at radius 1 is 0.421 bits per heavy atom. The van der Waals surface area contributed by atoms with Crippen molar-refractivity contribution in [3.05, 3.63) is 151 Å². The van der Waals surface area contributed by atoms with E-state index in [1.807, 2.05) is 42.3 Å². The Bertz CT molecular complexity index is 1910. The van der Waals surface area contributed by atoms with Crippen molar-refractivity contribution in [3.8, 4) is 0 Å². The minimum absolute atomic E-state index is 0. The van der Waals surface area contributed by atoms with Crippen molar-refractivity contribution in [1.29, 1.82) is 0 Å². The third-order valence-electron chi connectivity index (χ3n) is 9.45. The van der Waals surface area contributed by atoms with Crippen LogP contribution in [0.1, 0.15) is 16.7 Å². The molecule has 1 heterocycles. The number of likely N-dealkylation sites (N-methyl/N-ethyl adjacent to an activating group) is 3. The highest BCUT2D eigenvalue weighted by molar-refractivity contribution is 5.34. The first kappa shape index (κ1) is 50.6. The molecule has 0 radical (unpaired) electrons. The molecule has 0 aliphatic carbocycles. The Kier molecular flexibility index (Phi) is 18.5. The van der Waals surface area contributed by atoms with Gasteiger partial charge in [-0.25, -0.2) is 28.1 Å². The molecular formula is C36H48Br3N9O9. The van der Waals surface area contributed by atoms with Crippen LogP contribution in [-0.2, 0) is 39.3 Å². The lowest BCUT2D eigenvalue weighted by Crippen LogP contribution is -3.00. The van der Waals surface area contributed by atoms with Crippen molar-refractivity contribution in [1.82, 2.24) is 13.7 Å². The smallest absolute Gasteiger partial charge is 0.336 e. The molecule has 21 heteroatoms. The molecule has 0 unspecified atom stereocenters. The molecule has 4 aromatic rings. The van der Waals surface area contributed by atoms with Gasteiger partial charge in [-0.3, -0.25) is 30.3 Å². The van der Waals surface area contributed by atoms with Crippen LogP contribution in [-0.4, -0.2) is 104 Å². The summed E-state index contributed by atoms with van der Waals surface area (Å²) in [7, 11) is 11.5. The molecular weight excluding hydrogens is 942 g/mol. The zero-order valence-corrected chi connectivity index (χ0v) is 37.4. The molecule has 312 valence electrons. The minimum atomic E-state index is -0.730. The molecule has 0 fully saturated rings. The number of nitrogens with zero attached hydrogens (tertiary/aromatic N) is 9. The normalized spacial score (nSPS) is 11.5. The first-order chi connectivity index (χ1) is 25.2. The van der Waals surface area contributed by atoms with Crippen molar-refractivity contribution in [2.24, 2.45) is 0 Å². The molecule has 57 heavy (non-hydrogen) atoms. The second kappa shape index (κ2) is 20.8. The van der Waals surface area contributed by atoms with Crippen molar-refractivity contribution in [2.75, 3.05) is 61.9 Å².